The van der Waals surface area contributed by atoms with Gasteiger partial charge in [0.05, 0.1) is 12.8 Å². The van der Waals surface area contributed by atoms with E-state index in [1.54, 1.807) is 0 Å². The van der Waals surface area contributed by atoms with Crippen molar-refractivity contribution in [1.29, 1.82) is 0 Å². The summed E-state index contributed by atoms with van der Waals surface area (Å²) in [7, 11) is 1.92. The van der Waals surface area contributed by atoms with Gasteiger partial charge in [-0.3, -0.25) is 0 Å². The van der Waals surface area contributed by atoms with E-state index in [1.165, 1.54) is 6.21 Å². The van der Waals surface area contributed by atoms with Gasteiger partial charge < -0.3 is 19.7 Å². The fraction of sp³-hybridized carbons (Fsp3) is 0.308. The molecule has 0 bridgehead atoms. The molecule has 1 aromatic carbocycles. The Morgan fingerprint density at radius 1 is 1.33 bits per heavy atom. The van der Waals surface area contributed by atoms with Crippen LogP contribution >= 0.6 is 0 Å². The maximum atomic E-state index is 8.61. The summed E-state index contributed by atoms with van der Waals surface area (Å²) in [6.45, 7) is 1.02. The van der Waals surface area contributed by atoms with Crippen LogP contribution in [-0.2, 0) is 11.3 Å². The minimum Gasteiger partial charge on any atom is -0.411 e. The number of hydrogen-bond donors (Lipinski definition) is 1. The Hall–Kier alpha value is -2.01. The van der Waals surface area contributed by atoms with Crippen molar-refractivity contribution in [3.05, 3.63) is 48.3 Å². The van der Waals surface area contributed by atoms with E-state index in [9.17, 15) is 0 Å². The second kappa shape index (κ2) is 6.07. The van der Waals surface area contributed by atoms with E-state index in [2.05, 4.69) is 5.16 Å². The highest BCUT2D eigenvalue weighted by Crippen LogP contribution is 2.12. The third-order valence-electron chi connectivity index (χ3n) is 2.80. The Labute approximate surface area is 107 Å². The first-order chi connectivity index (χ1) is 8.81. The maximum absolute atomic E-state index is 8.61. The van der Waals surface area contributed by atoms with Crippen LogP contribution in [0, 0.1) is 0 Å². The lowest BCUT2D eigenvalue weighted by Crippen LogP contribution is -2.39. The summed E-state index contributed by atoms with van der Waals surface area (Å²) in [6.07, 6.45) is 5.20. The van der Waals surface area contributed by atoms with E-state index >= 15 is 0 Å². The molecule has 18 heavy (non-hydrogen) atoms. The van der Waals surface area contributed by atoms with Crippen LogP contribution in [-0.4, -0.2) is 41.2 Å². The van der Waals surface area contributed by atoms with E-state index in [0.717, 1.165) is 5.56 Å². The molecule has 1 aliphatic heterocycles. The van der Waals surface area contributed by atoms with Crippen LogP contribution in [0.5, 0.6) is 0 Å². The highest BCUT2D eigenvalue weighted by molar-refractivity contribution is 5.64. The minimum absolute atomic E-state index is 0.0919. The number of ether oxygens (including phenoxy) is 1. The molecule has 0 aromatic heterocycles. The molecule has 1 aliphatic rings. The fourth-order valence-corrected chi connectivity index (χ4v) is 1.81. The first-order valence-corrected chi connectivity index (χ1v) is 5.76. The first-order valence-electron chi connectivity index (χ1n) is 5.76. The lowest BCUT2D eigenvalue weighted by atomic mass is 10.2. The van der Waals surface area contributed by atoms with Gasteiger partial charge in [0, 0.05) is 19.4 Å². The van der Waals surface area contributed by atoms with Crippen LogP contribution in [0.1, 0.15) is 5.56 Å². The zero-order valence-corrected chi connectivity index (χ0v) is 10.3. The molecule has 1 aromatic rings. The van der Waals surface area contributed by atoms with Gasteiger partial charge in [-0.25, -0.2) is 0 Å². The molecule has 0 spiro atoms. The standard InChI is InChI=1S/C13H17N3O2/c1-15-7-8-16(13(15)9-14-17)11-18-10-12-5-3-2-4-6-12/h2-9,13,17H,10-11H2,1H3/b14-9-. The molecule has 5 heteroatoms. The van der Waals surface area contributed by atoms with Gasteiger partial charge in [0.1, 0.15) is 12.9 Å². The topological polar surface area (TPSA) is 48.3 Å². The largest absolute Gasteiger partial charge is 0.411 e. The summed E-state index contributed by atoms with van der Waals surface area (Å²) < 4.78 is 5.63. The van der Waals surface area contributed by atoms with Crippen LogP contribution in [0.15, 0.2) is 47.9 Å². The summed E-state index contributed by atoms with van der Waals surface area (Å²) >= 11 is 0. The minimum atomic E-state index is -0.0919. The molecule has 0 saturated carbocycles. The molecule has 0 radical (unpaired) electrons. The van der Waals surface area contributed by atoms with Crippen molar-refractivity contribution in [2.75, 3.05) is 13.8 Å². The number of hydrogen-bond acceptors (Lipinski definition) is 5. The first kappa shape index (κ1) is 12.4. The molecule has 1 heterocycles. The van der Waals surface area contributed by atoms with Gasteiger partial charge in [-0.15, -0.1) is 0 Å². The predicted molar refractivity (Wildman–Crippen MR) is 68.9 cm³/mol. The molecule has 1 unspecified atom stereocenters. The average molecular weight is 247 g/mol. The van der Waals surface area contributed by atoms with Gasteiger partial charge in [0.25, 0.3) is 0 Å². The van der Waals surface area contributed by atoms with Crippen molar-refractivity contribution in [2.45, 2.75) is 12.8 Å². The molecule has 2 rings (SSSR count). The van der Waals surface area contributed by atoms with Gasteiger partial charge in [-0.1, -0.05) is 35.5 Å². The smallest absolute Gasteiger partial charge is 0.142 e. The SMILES string of the molecule is CN1C=CN(COCc2ccccc2)C1/C=N\O. The van der Waals surface area contributed by atoms with E-state index in [-0.39, 0.29) is 6.17 Å². The molecule has 1 N–H and O–H groups in total. The van der Waals surface area contributed by atoms with E-state index in [1.807, 2.05) is 59.6 Å². The van der Waals surface area contributed by atoms with E-state index < -0.39 is 0 Å². The van der Waals surface area contributed by atoms with Gasteiger partial charge in [-0.2, -0.15) is 0 Å². The summed E-state index contributed by atoms with van der Waals surface area (Å²) in [5.41, 5.74) is 1.14. The van der Waals surface area contributed by atoms with Gasteiger partial charge >= 0.3 is 0 Å². The molecule has 0 aliphatic carbocycles. The van der Waals surface area contributed by atoms with Crippen molar-refractivity contribution >= 4 is 6.21 Å². The summed E-state index contributed by atoms with van der Waals surface area (Å²) in [5.74, 6) is 0. The van der Waals surface area contributed by atoms with Gasteiger partial charge in [0.15, 0.2) is 0 Å². The molecule has 0 amide bonds. The van der Waals surface area contributed by atoms with Crippen LogP contribution in [0.3, 0.4) is 0 Å². The summed E-state index contributed by atoms with van der Waals surface area (Å²) in [5, 5.41) is 11.7. The number of oxime groups is 1. The lowest BCUT2D eigenvalue weighted by molar-refractivity contribution is 0.0247. The number of nitrogens with zero attached hydrogens (tertiary/aromatic N) is 3. The Kier molecular flexibility index (Phi) is 4.20. The monoisotopic (exact) mass is 247 g/mol. The lowest BCUT2D eigenvalue weighted by Gasteiger charge is -2.26. The van der Waals surface area contributed by atoms with Crippen molar-refractivity contribution in [3.8, 4) is 0 Å². The van der Waals surface area contributed by atoms with Crippen molar-refractivity contribution in [3.63, 3.8) is 0 Å². The third kappa shape index (κ3) is 3.01. The summed E-state index contributed by atoms with van der Waals surface area (Å²) in [6, 6.07) is 10.0. The van der Waals surface area contributed by atoms with Crippen molar-refractivity contribution < 1.29 is 9.94 Å². The Bertz CT molecular complexity index is 420. The molecule has 0 fully saturated rings. The maximum Gasteiger partial charge on any atom is 0.142 e. The fourth-order valence-electron chi connectivity index (χ4n) is 1.81. The predicted octanol–water partition coefficient (Wildman–Crippen LogP) is 1.67. The third-order valence-corrected chi connectivity index (χ3v) is 2.80. The zero-order chi connectivity index (χ0) is 12.8. The van der Waals surface area contributed by atoms with Crippen molar-refractivity contribution in [1.82, 2.24) is 9.80 Å². The van der Waals surface area contributed by atoms with Crippen molar-refractivity contribution in [2.24, 2.45) is 5.16 Å². The second-order valence-electron chi connectivity index (χ2n) is 4.12. The van der Waals surface area contributed by atoms with Crippen LogP contribution < -0.4 is 0 Å². The zero-order valence-electron chi connectivity index (χ0n) is 10.3. The number of rotatable bonds is 5. The second-order valence-corrected chi connectivity index (χ2v) is 4.12. The van der Waals surface area contributed by atoms with E-state index in [0.29, 0.717) is 13.3 Å². The molecular weight excluding hydrogens is 230 g/mol. The normalized spacial score (nSPS) is 19.1. The summed E-state index contributed by atoms with van der Waals surface area (Å²) in [4.78, 5) is 3.88. The highest BCUT2D eigenvalue weighted by Gasteiger charge is 2.21. The van der Waals surface area contributed by atoms with Gasteiger partial charge in [0.2, 0.25) is 0 Å². The Morgan fingerprint density at radius 3 is 2.83 bits per heavy atom. The highest BCUT2D eigenvalue weighted by atomic mass is 16.5. The Morgan fingerprint density at radius 2 is 2.11 bits per heavy atom. The molecular formula is C13H17N3O2. The molecule has 1 atom stereocenters. The molecule has 5 nitrogen and oxygen atoms in total. The number of benzene rings is 1. The van der Waals surface area contributed by atoms with Crippen LogP contribution in [0.2, 0.25) is 0 Å². The Balaban J connectivity index is 1.81. The van der Waals surface area contributed by atoms with E-state index in [4.69, 9.17) is 9.94 Å². The van der Waals surface area contributed by atoms with Crippen LogP contribution in [0.4, 0.5) is 0 Å². The average Bonchev–Trinajstić information content (AvgIpc) is 2.73. The molecule has 0 saturated heterocycles. The quantitative estimate of drug-likeness (QED) is 0.488. The van der Waals surface area contributed by atoms with Gasteiger partial charge in [-0.05, 0) is 5.56 Å². The van der Waals surface area contributed by atoms with Crippen LogP contribution in [0.25, 0.3) is 0 Å². The molecule has 96 valence electrons.